The predicted octanol–water partition coefficient (Wildman–Crippen LogP) is 4.79. The molecule has 0 saturated carbocycles. The van der Waals surface area contributed by atoms with Crippen LogP contribution < -0.4 is 14.7 Å². The van der Waals surface area contributed by atoms with Gasteiger partial charge < -0.3 is 19.8 Å². The lowest BCUT2D eigenvalue weighted by Crippen LogP contribution is -2.47. The number of hydrogen-bond donors (Lipinski definition) is 1. The first kappa shape index (κ1) is 24.0. The minimum atomic E-state index is -0.450. The molecule has 1 unspecified atom stereocenters. The van der Waals surface area contributed by atoms with Crippen molar-refractivity contribution in [2.75, 3.05) is 47.4 Å². The normalized spacial score (nSPS) is 18.4. The Kier molecular flexibility index (Phi) is 6.95. The van der Waals surface area contributed by atoms with E-state index in [9.17, 15) is 9.50 Å². The molecule has 1 atom stereocenters. The lowest BCUT2D eigenvalue weighted by Gasteiger charge is -2.37. The molecule has 2 saturated heterocycles. The lowest BCUT2D eigenvalue weighted by molar-refractivity contribution is 0.281. The molecular formula is C25H27Cl2FN6O. The van der Waals surface area contributed by atoms with Gasteiger partial charge in [0.05, 0.1) is 22.3 Å². The van der Waals surface area contributed by atoms with Crippen molar-refractivity contribution in [2.24, 2.45) is 0 Å². The number of aliphatic hydroxyl groups excluding tert-OH is 1. The Balaban J connectivity index is 1.42. The molecule has 2 aliphatic heterocycles. The summed E-state index contributed by atoms with van der Waals surface area (Å²) in [6.07, 6.45) is 3.86. The zero-order valence-electron chi connectivity index (χ0n) is 19.5. The first-order valence-electron chi connectivity index (χ1n) is 11.8. The summed E-state index contributed by atoms with van der Waals surface area (Å²) in [6.45, 7) is 5.93. The molecule has 0 radical (unpaired) electrons. The van der Waals surface area contributed by atoms with Crippen molar-refractivity contribution in [2.45, 2.75) is 32.4 Å². The maximum atomic E-state index is 13.8. The summed E-state index contributed by atoms with van der Waals surface area (Å²) in [5.74, 6) is 1.79. The molecule has 0 amide bonds. The van der Waals surface area contributed by atoms with E-state index >= 15 is 0 Å². The van der Waals surface area contributed by atoms with Crippen LogP contribution in [-0.4, -0.2) is 58.8 Å². The number of piperazine rings is 1. The molecule has 2 fully saturated rings. The third kappa shape index (κ3) is 5.01. The Bertz CT molecular complexity index is 1220. The van der Waals surface area contributed by atoms with Gasteiger partial charge in [-0.1, -0.05) is 23.2 Å². The maximum absolute atomic E-state index is 13.8. The third-order valence-corrected chi connectivity index (χ3v) is 7.26. The van der Waals surface area contributed by atoms with Crippen LogP contribution >= 0.6 is 23.2 Å². The van der Waals surface area contributed by atoms with Gasteiger partial charge in [0.2, 0.25) is 5.95 Å². The molecule has 0 spiro atoms. The maximum Gasteiger partial charge on any atom is 0.228 e. The summed E-state index contributed by atoms with van der Waals surface area (Å²) in [7, 11) is 0. The molecule has 184 valence electrons. The number of anilines is 3. The van der Waals surface area contributed by atoms with Crippen LogP contribution in [0.15, 0.2) is 36.5 Å². The largest absolute Gasteiger partial charge is 0.392 e. The molecule has 35 heavy (non-hydrogen) atoms. The van der Waals surface area contributed by atoms with E-state index in [2.05, 4.69) is 26.6 Å². The molecule has 2 aliphatic rings. The highest BCUT2D eigenvalue weighted by Gasteiger charge is 2.26. The fourth-order valence-electron chi connectivity index (χ4n) is 4.68. The molecule has 3 aromatic rings. The van der Waals surface area contributed by atoms with Gasteiger partial charge in [-0.05, 0) is 49.6 Å². The number of aromatic nitrogens is 3. The van der Waals surface area contributed by atoms with E-state index < -0.39 is 5.82 Å². The Morgan fingerprint density at radius 2 is 1.77 bits per heavy atom. The van der Waals surface area contributed by atoms with Crippen LogP contribution in [0.2, 0.25) is 10.0 Å². The average Bonchev–Trinajstić information content (AvgIpc) is 3.31. The summed E-state index contributed by atoms with van der Waals surface area (Å²) in [6, 6.07) is 8.75. The van der Waals surface area contributed by atoms with Gasteiger partial charge in [0.1, 0.15) is 17.5 Å². The van der Waals surface area contributed by atoms with Crippen LogP contribution in [0.3, 0.4) is 0 Å². The van der Waals surface area contributed by atoms with Crippen LogP contribution in [0.25, 0.3) is 11.3 Å². The van der Waals surface area contributed by atoms with E-state index in [1.807, 2.05) is 6.07 Å². The first-order valence-corrected chi connectivity index (χ1v) is 12.5. The van der Waals surface area contributed by atoms with Crippen LogP contribution in [0.5, 0.6) is 0 Å². The average molecular weight is 517 g/mol. The number of pyridine rings is 1. The molecule has 7 nitrogen and oxygen atoms in total. The van der Waals surface area contributed by atoms with E-state index in [0.717, 1.165) is 68.5 Å². The zero-order chi connectivity index (χ0) is 24.5. The smallest absolute Gasteiger partial charge is 0.228 e. The molecule has 1 N–H and O–H groups in total. The predicted molar refractivity (Wildman–Crippen MR) is 138 cm³/mol. The number of nitrogens with zero attached hydrogens (tertiary/aromatic N) is 6. The zero-order valence-corrected chi connectivity index (χ0v) is 21.0. The van der Waals surface area contributed by atoms with E-state index in [-0.39, 0.29) is 11.6 Å². The van der Waals surface area contributed by atoms with Gasteiger partial charge in [0.15, 0.2) is 0 Å². The minimum Gasteiger partial charge on any atom is -0.392 e. The number of benzene rings is 1. The van der Waals surface area contributed by atoms with Gasteiger partial charge in [-0.2, -0.15) is 4.98 Å². The lowest BCUT2D eigenvalue weighted by atomic mass is 10.1. The van der Waals surface area contributed by atoms with Gasteiger partial charge in [-0.15, -0.1) is 0 Å². The molecule has 1 aromatic carbocycles. The van der Waals surface area contributed by atoms with Crippen LogP contribution in [0, 0.1) is 5.82 Å². The van der Waals surface area contributed by atoms with E-state index in [4.69, 9.17) is 33.2 Å². The highest BCUT2D eigenvalue weighted by molar-refractivity contribution is 6.33. The third-order valence-electron chi connectivity index (χ3n) is 6.69. The molecule has 10 heteroatoms. The fourth-order valence-corrected chi connectivity index (χ4v) is 5.17. The summed E-state index contributed by atoms with van der Waals surface area (Å²) in [5.41, 5.74) is 2.17. The Hall–Kier alpha value is -2.68. The molecule has 4 heterocycles. The van der Waals surface area contributed by atoms with Crippen molar-refractivity contribution >= 4 is 40.8 Å². The number of rotatable bonds is 5. The summed E-state index contributed by atoms with van der Waals surface area (Å²) in [5, 5.41) is 9.92. The van der Waals surface area contributed by atoms with Gasteiger partial charge in [0.25, 0.3) is 0 Å². The van der Waals surface area contributed by atoms with Crippen LogP contribution in [0.4, 0.5) is 22.0 Å². The second kappa shape index (κ2) is 10.1. The standard InChI is InChI=1S/C25H27Cl2FN6O/c1-16-3-2-6-34(16)25-30-22(18-4-5-21(28)19(26)12-18)13-23(31-25)32-7-9-33(10-8-32)24-20(27)11-17(15-35)14-29-24/h4-5,11-14,16,35H,2-3,6-10,15H2,1H3. The second-order valence-corrected chi connectivity index (χ2v) is 9.82. The summed E-state index contributed by atoms with van der Waals surface area (Å²) >= 11 is 12.5. The summed E-state index contributed by atoms with van der Waals surface area (Å²) < 4.78 is 13.8. The Morgan fingerprint density at radius 3 is 2.43 bits per heavy atom. The van der Waals surface area contributed by atoms with Gasteiger partial charge in [0, 0.05) is 56.6 Å². The van der Waals surface area contributed by atoms with E-state index in [1.165, 1.54) is 6.07 Å². The molecule has 0 aliphatic carbocycles. The highest BCUT2D eigenvalue weighted by Crippen LogP contribution is 2.32. The SMILES string of the molecule is CC1CCCN1c1nc(-c2ccc(F)c(Cl)c2)cc(N2CCN(c3ncc(CO)cc3Cl)CC2)n1. The quantitative estimate of drug-likeness (QED) is 0.522. The van der Waals surface area contributed by atoms with E-state index in [1.54, 1.807) is 24.4 Å². The van der Waals surface area contributed by atoms with Crippen LogP contribution in [-0.2, 0) is 6.61 Å². The summed E-state index contributed by atoms with van der Waals surface area (Å²) in [4.78, 5) is 20.8. The second-order valence-electron chi connectivity index (χ2n) is 9.01. The van der Waals surface area contributed by atoms with E-state index in [0.29, 0.717) is 22.6 Å². The molecule has 0 bridgehead atoms. The van der Waals surface area contributed by atoms with Gasteiger partial charge in [-0.25, -0.2) is 14.4 Å². The van der Waals surface area contributed by atoms with Gasteiger partial charge >= 0.3 is 0 Å². The number of aliphatic hydroxyl groups is 1. The number of halogens is 3. The molecule has 5 rings (SSSR count). The minimum absolute atomic E-state index is 0.0731. The Labute approximate surface area is 214 Å². The Morgan fingerprint density at radius 1 is 1.00 bits per heavy atom. The van der Waals surface area contributed by atoms with Crippen molar-refractivity contribution in [3.05, 3.63) is 58.0 Å². The van der Waals surface area contributed by atoms with Crippen molar-refractivity contribution in [1.82, 2.24) is 15.0 Å². The first-order chi connectivity index (χ1) is 16.9. The molecule has 2 aromatic heterocycles. The van der Waals surface area contributed by atoms with Gasteiger partial charge in [-0.3, -0.25) is 0 Å². The monoisotopic (exact) mass is 516 g/mol. The highest BCUT2D eigenvalue weighted by atomic mass is 35.5. The van der Waals surface area contributed by atoms with Crippen molar-refractivity contribution in [1.29, 1.82) is 0 Å². The molecular weight excluding hydrogens is 490 g/mol. The van der Waals surface area contributed by atoms with Crippen LogP contribution in [0.1, 0.15) is 25.3 Å². The van der Waals surface area contributed by atoms with Crippen molar-refractivity contribution < 1.29 is 9.50 Å². The van der Waals surface area contributed by atoms with Crippen molar-refractivity contribution in [3.63, 3.8) is 0 Å². The number of hydrogen-bond acceptors (Lipinski definition) is 7. The van der Waals surface area contributed by atoms with Crippen molar-refractivity contribution in [3.8, 4) is 11.3 Å². The fraction of sp³-hybridized carbons (Fsp3) is 0.400. The topological polar surface area (TPSA) is 68.6 Å².